The Hall–Kier alpha value is 0.137. The lowest BCUT2D eigenvalue weighted by Crippen LogP contribution is -2.60. The topological polar surface area (TPSA) is 21.3 Å². The third kappa shape index (κ3) is 2.99. The van der Waals surface area contributed by atoms with E-state index in [1.54, 1.807) is 0 Å². The van der Waals surface area contributed by atoms with Crippen LogP contribution in [0.2, 0.25) is 11.1 Å². The van der Waals surface area contributed by atoms with Crippen molar-refractivity contribution < 1.29 is 4.43 Å². The van der Waals surface area contributed by atoms with Gasteiger partial charge in [0.2, 0.25) is 0 Å². The van der Waals surface area contributed by atoms with Crippen LogP contribution in [0, 0.1) is 0 Å². The molecule has 0 atom stereocenters. The van der Waals surface area contributed by atoms with Crippen LogP contribution in [0.15, 0.2) is 0 Å². The van der Waals surface area contributed by atoms with Crippen LogP contribution in [-0.4, -0.2) is 22.1 Å². The van der Waals surface area contributed by atoms with Crippen molar-refractivity contribution in [2.24, 2.45) is 0 Å². The SMILES string of the molecule is CCN[Si](OC)(C1CCCCC1)C1CCCCC1. The number of rotatable bonds is 5. The third-order valence-electron chi connectivity index (χ3n) is 5.21. The molecule has 1 N–H and O–H groups in total. The highest BCUT2D eigenvalue weighted by atomic mass is 28.4. The predicted octanol–water partition coefficient (Wildman–Crippen LogP) is 4.35. The lowest BCUT2D eigenvalue weighted by molar-refractivity contribution is 0.305. The maximum Gasteiger partial charge on any atom is 0.274 e. The molecule has 2 fully saturated rings. The van der Waals surface area contributed by atoms with Crippen LogP contribution in [0.5, 0.6) is 0 Å². The molecule has 0 heterocycles. The molecule has 0 aromatic rings. The quantitative estimate of drug-likeness (QED) is 0.749. The third-order valence-corrected chi connectivity index (χ3v) is 10.4. The van der Waals surface area contributed by atoms with Gasteiger partial charge in [0.1, 0.15) is 0 Å². The molecule has 0 amide bonds. The summed E-state index contributed by atoms with van der Waals surface area (Å²) in [6.07, 6.45) is 14.3. The van der Waals surface area contributed by atoms with Crippen molar-refractivity contribution in [1.82, 2.24) is 4.98 Å². The summed E-state index contributed by atoms with van der Waals surface area (Å²) in [6, 6.07) is 0. The molecule has 0 aliphatic heterocycles. The maximum atomic E-state index is 6.29. The van der Waals surface area contributed by atoms with Gasteiger partial charge in [0, 0.05) is 7.11 Å². The Labute approximate surface area is 114 Å². The minimum atomic E-state index is -1.72. The molecule has 0 saturated heterocycles. The molecule has 0 unspecified atom stereocenters. The summed E-state index contributed by atoms with van der Waals surface area (Å²) in [5, 5.41) is 0. The number of nitrogens with one attached hydrogen (secondary N) is 1. The van der Waals surface area contributed by atoms with Crippen LogP contribution in [0.3, 0.4) is 0 Å². The van der Waals surface area contributed by atoms with E-state index in [9.17, 15) is 0 Å². The molecule has 2 nitrogen and oxygen atoms in total. The van der Waals surface area contributed by atoms with Gasteiger partial charge >= 0.3 is 0 Å². The number of hydrogen-bond donors (Lipinski definition) is 1. The lowest BCUT2D eigenvalue weighted by Gasteiger charge is -2.46. The zero-order valence-electron chi connectivity index (χ0n) is 12.3. The monoisotopic (exact) mass is 269 g/mol. The van der Waals surface area contributed by atoms with Crippen LogP contribution in [0.1, 0.15) is 71.1 Å². The predicted molar refractivity (Wildman–Crippen MR) is 80.1 cm³/mol. The second-order valence-corrected chi connectivity index (χ2v) is 10.2. The molecule has 2 saturated carbocycles. The average molecular weight is 270 g/mol. The highest BCUT2D eigenvalue weighted by molar-refractivity contribution is 6.74. The highest BCUT2D eigenvalue weighted by Gasteiger charge is 2.49. The van der Waals surface area contributed by atoms with Gasteiger partial charge in [0.25, 0.3) is 8.48 Å². The summed E-state index contributed by atoms with van der Waals surface area (Å²) in [5.74, 6) is 0. The minimum Gasteiger partial charge on any atom is -0.406 e. The van der Waals surface area contributed by atoms with Crippen molar-refractivity contribution in [3.8, 4) is 0 Å². The Balaban J connectivity index is 2.13. The van der Waals surface area contributed by atoms with Crippen molar-refractivity contribution in [3.05, 3.63) is 0 Å². The summed E-state index contributed by atoms with van der Waals surface area (Å²) in [4.78, 5) is 3.90. The molecule has 0 aromatic carbocycles. The molecule has 18 heavy (non-hydrogen) atoms. The van der Waals surface area contributed by atoms with Crippen LogP contribution in [0.25, 0.3) is 0 Å². The van der Waals surface area contributed by atoms with E-state index in [2.05, 4.69) is 11.9 Å². The molecule has 0 aromatic heterocycles. The van der Waals surface area contributed by atoms with Crippen LogP contribution in [-0.2, 0) is 4.43 Å². The Morgan fingerprint density at radius 3 is 1.67 bits per heavy atom. The first-order valence-corrected chi connectivity index (χ1v) is 10.2. The largest absolute Gasteiger partial charge is 0.406 e. The highest BCUT2D eigenvalue weighted by Crippen LogP contribution is 2.46. The molecule has 3 heteroatoms. The maximum absolute atomic E-state index is 6.29. The molecule has 106 valence electrons. The van der Waals surface area contributed by atoms with E-state index in [4.69, 9.17) is 4.43 Å². The fourth-order valence-corrected chi connectivity index (χ4v) is 9.51. The summed E-state index contributed by atoms with van der Waals surface area (Å²) in [5.41, 5.74) is 1.75. The van der Waals surface area contributed by atoms with Gasteiger partial charge in [-0.1, -0.05) is 45.4 Å². The normalized spacial score (nSPS) is 24.3. The van der Waals surface area contributed by atoms with Gasteiger partial charge in [-0.2, -0.15) is 0 Å². The Morgan fingerprint density at radius 1 is 0.889 bits per heavy atom. The molecule has 0 spiro atoms. The molecule has 2 aliphatic carbocycles. The fourth-order valence-electron chi connectivity index (χ4n) is 4.37. The van der Waals surface area contributed by atoms with Gasteiger partial charge in [-0.15, -0.1) is 0 Å². The average Bonchev–Trinajstić information content (AvgIpc) is 2.47. The second kappa shape index (κ2) is 7.06. The molecule has 0 bridgehead atoms. The van der Waals surface area contributed by atoms with E-state index in [1.807, 2.05) is 7.11 Å². The smallest absolute Gasteiger partial charge is 0.274 e. The van der Waals surface area contributed by atoms with Gasteiger partial charge in [-0.05, 0) is 43.3 Å². The van der Waals surface area contributed by atoms with E-state index in [-0.39, 0.29) is 0 Å². The molecular weight excluding hydrogens is 238 g/mol. The first-order valence-electron chi connectivity index (χ1n) is 8.13. The van der Waals surface area contributed by atoms with E-state index in [0.29, 0.717) is 0 Å². The summed E-state index contributed by atoms with van der Waals surface area (Å²) in [7, 11) is 0.280. The van der Waals surface area contributed by atoms with E-state index >= 15 is 0 Å². The molecule has 0 radical (unpaired) electrons. The summed E-state index contributed by atoms with van der Waals surface area (Å²) >= 11 is 0. The summed E-state index contributed by atoms with van der Waals surface area (Å²) < 4.78 is 6.29. The second-order valence-electron chi connectivity index (χ2n) is 6.20. The standard InChI is InChI=1S/C15H31NOSi/c1-3-16-18(17-2,14-10-6-4-7-11-14)15-12-8-5-9-13-15/h14-16H,3-13H2,1-2H3. The van der Waals surface area contributed by atoms with Gasteiger partial charge < -0.3 is 9.41 Å². The van der Waals surface area contributed by atoms with Crippen LogP contribution in [0.4, 0.5) is 0 Å². The van der Waals surface area contributed by atoms with Gasteiger partial charge in [0.15, 0.2) is 0 Å². The van der Waals surface area contributed by atoms with E-state index in [0.717, 1.165) is 17.6 Å². The molecule has 2 aliphatic rings. The Kier molecular flexibility index (Phi) is 5.71. The zero-order chi connectivity index (χ0) is 12.8. The first kappa shape index (κ1) is 14.5. The van der Waals surface area contributed by atoms with Crippen LogP contribution < -0.4 is 4.98 Å². The molecular formula is C15H31NOSi. The first-order chi connectivity index (χ1) is 8.83. The van der Waals surface area contributed by atoms with Crippen molar-refractivity contribution in [2.45, 2.75) is 82.2 Å². The van der Waals surface area contributed by atoms with Crippen molar-refractivity contribution in [1.29, 1.82) is 0 Å². The zero-order valence-corrected chi connectivity index (χ0v) is 13.3. The van der Waals surface area contributed by atoms with Crippen LogP contribution >= 0.6 is 0 Å². The Morgan fingerprint density at radius 2 is 1.33 bits per heavy atom. The van der Waals surface area contributed by atoms with E-state index < -0.39 is 8.48 Å². The summed E-state index contributed by atoms with van der Waals surface area (Å²) in [6.45, 7) is 3.35. The van der Waals surface area contributed by atoms with Gasteiger partial charge in [-0.3, -0.25) is 0 Å². The lowest BCUT2D eigenvalue weighted by atomic mass is 9.99. The minimum absolute atomic E-state index is 0.874. The van der Waals surface area contributed by atoms with Crippen molar-refractivity contribution in [3.63, 3.8) is 0 Å². The Bertz CT molecular complexity index is 217. The fraction of sp³-hybridized carbons (Fsp3) is 1.00. The van der Waals surface area contributed by atoms with Gasteiger partial charge in [-0.25, -0.2) is 0 Å². The van der Waals surface area contributed by atoms with Crippen molar-refractivity contribution in [2.75, 3.05) is 13.7 Å². The van der Waals surface area contributed by atoms with Crippen molar-refractivity contribution >= 4 is 8.48 Å². The molecule has 2 rings (SSSR count). The van der Waals surface area contributed by atoms with E-state index in [1.165, 1.54) is 64.2 Å². The van der Waals surface area contributed by atoms with Gasteiger partial charge in [0.05, 0.1) is 0 Å². The number of hydrogen-bond acceptors (Lipinski definition) is 2.